The number of nitrogens with one attached hydrogen (secondary N) is 1. The van der Waals surface area contributed by atoms with Gasteiger partial charge in [0.25, 0.3) is 5.91 Å². The van der Waals surface area contributed by atoms with Crippen LogP contribution in [0.1, 0.15) is 36.0 Å². The van der Waals surface area contributed by atoms with E-state index in [4.69, 9.17) is 4.74 Å². The minimum Gasteiger partial charge on any atom is -0.378 e. The van der Waals surface area contributed by atoms with Gasteiger partial charge >= 0.3 is 0 Å². The zero-order valence-corrected chi connectivity index (χ0v) is 11.7. The lowest BCUT2D eigenvalue weighted by atomic mass is 10.2. The molecule has 2 heterocycles. The Hall–Kier alpha value is -1.62. The van der Waals surface area contributed by atoms with Gasteiger partial charge in [0.1, 0.15) is 5.82 Å². The number of hydrogen-bond acceptors (Lipinski definition) is 4. The van der Waals surface area contributed by atoms with Crippen molar-refractivity contribution in [1.29, 1.82) is 0 Å². The van der Waals surface area contributed by atoms with Crippen molar-refractivity contribution < 1.29 is 9.53 Å². The molecule has 5 heteroatoms. The fraction of sp³-hybridized carbons (Fsp3) is 0.600. The molecule has 1 aliphatic heterocycles. The summed E-state index contributed by atoms with van der Waals surface area (Å²) in [5.41, 5.74) is 0.682. The Morgan fingerprint density at radius 2 is 2.05 bits per heavy atom. The summed E-state index contributed by atoms with van der Waals surface area (Å²) in [6.45, 7) is 2.97. The molecular formula is C15H21N3O2. The molecule has 1 aliphatic carbocycles. The van der Waals surface area contributed by atoms with E-state index in [2.05, 4.69) is 15.2 Å². The maximum Gasteiger partial charge on any atom is 0.255 e. The lowest BCUT2D eigenvalue weighted by Gasteiger charge is -2.29. The highest BCUT2D eigenvalue weighted by atomic mass is 16.5. The van der Waals surface area contributed by atoms with Gasteiger partial charge in [0.2, 0.25) is 0 Å². The molecule has 1 saturated carbocycles. The number of carbonyl (C=O) groups excluding carboxylic acids is 1. The average molecular weight is 275 g/mol. The van der Waals surface area contributed by atoms with Crippen molar-refractivity contribution in [3.05, 3.63) is 23.9 Å². The smallest absolute Gasteiger partial charge is 0.255 e. The molecule has 1 aromatic heterocycles. The van der Waals surface area contributed by atoms with Crippen LogP contribution in [0.15, 0.2) is 18.3 Å². The Labute approximate surface area is 119 Å². The molecule has 0 unspecified atom stereocenters. The molecule has 0 radical (unpaired) electrons. The number of carbonyl (C=O) groups is 1. The number of morpholine rings is 1. The zero-order chi connectivity index (χ0) is 13.8. The van der Waals surface area contributed by atoms with Crippen molar-refractivity contribution in [2.24, 2.45) is 0 Å². The van der Waals surface area contributed by atoms with E-state index < -0.39 is 0 Å². The Bertz CT molecular complexity index is 466. The molecule has 2 fully saturated rings. The Kier molecular flexibility index (Phi) is 4.16. The molecule has 0 spiro atoms. The number of aromatic nitrogens is 1. The van der Waals surface area contributed by atoms with Gasteiger partial charge in [0.05, 0.1) is 18.8 Å². The molecule has 20 heavy (non-hydrogen) atoms. The normalized spacial score (nSPS) is 20.1. The van der Waals surface area contributed by atoms with Crippen LogP contribution in [0.2, 0.25) is 0 Å². The van der Waals surface area contributed by atoms with Gasteiger partial charge in [-0.1, -0.05) is 12.8 Å². The summed E-state index contributed by atoms with van der Waals surface area (Å²) in [5, 5.41) is 3.14. The van der Waals surface area contributed by atoms with Crippen molar-refractivity contribution in [1.82, 2.24) is 10.3 Å². The van der Waals surface area contributed by atoms with Crippen LogP contribution >= 0.6 is 0 Å². The highest BCUT2D eigenvalue weighted by molar-refractivity contribution is 5.99. The summed E-state index contributed by atoms with van der Waals surface area (Å²) >= 11 is 0. The van der Waals surface area contributed by atoms with E-state index in [1.807, 2.05) is 12.1 Å². The second kappa shape index (κ2) is 6.22. The molecule has 0 bridgehead atoms. The van der Waals surface area contributed by atoms with Crippen molar-refractivity contribution in [3.8, 4) is 0 Å². The minimum absolute atomic E-state index is 0.00601. The van der Waals surface area contributed by atoms with Crippen LogP contribution in [-0.4, -0.2) is 43.2 Å². The Morgan fingerprint density at radius 1 is 1.30 bits per heavy atom. The van der Waals surface area contributed by atoms with E-state index in [0.29, 0.717) is 24.8 Å². The summed E-state index contributed by atoms with van der Waals surface area (Å²) in [5.74, 6) is 0.790. The predicted octanol–water partition coefficient (Wildman–Crippen LogP) is 1.59. The Balaban J connectivity index is 1.75. The number of nitrogens with zero attached hydrogens (tertiary/aromatic N) is 2. The predicted molar refractivity (Wildman–Crippen MR) is 77.0 cm³/mol. The third kappa shape index (κ3) is 2.93. The maximum absolute atomic E-state index is 12.5. The number of pyridine rings is 1. The number of anilines is 1. The first kappa shape index (κ1) is 13.4. The topological polar surface area (TPSA) is 54.5 Å². The molecule has 1 saturated heterocycles. The molecule has 0 atom stereocenters. The maximum atomic E-state index is 12.5. The average Bonchev–Trinajstić information content (AvgIpc) is 3.01. The lowest BCUT2D eigenvalue weighted by molar-refractivity contribution is 0.0936. The van der Waals surface area contributed by atoms with E-state index in [9.17, 15) is 4.79 Å². The first-order valence-electron chi connectivity index (χ1n) is 7.43. The van der Waals surface area contributed by atoms with Crippen molar-refractivity contribution in [3.63, 3.8) is 0 Å². The van der Waals surface area contributed by atoms with Gasteiger partial charge in [-0.3, -0.25) is 4.79 Å². The van der Waals surface area contributed by atoms with Crippen LogP contribution in [0.5, 0.6) is 0 Å². The van der Waals surface area contributed by atoms with E-state index in [1.165, 1.54) is 12.8 Å². The lowest BCUT2D eigenvalue weighted by Crippen LogP contribution is -2.39. The van der Waals surface area contributed by atoms with Crippen LogP contribution in [0.25, 0.3) is 0 Å². The second-order valence-electron chi connectivity index (χ2n) is 5.43. The number of rotatable bonds is 3. The van der Waals surface area contributed by atoms with Crippen LogP contribution in [0.4, 0.5) is 5.82 Å². The van der Waals surface area contributed by atoms with Gasteiger partial charge in [0, 0.05) is 25.3 Å². The van der Waals surface area contributed by atoms with E-state index >= 15 is 0 Å². The van der Waals surface area contributed by atoms with E-state index in [1.54, 1.807) is 6.20 Å². The summed E-state index contributed by atoms with van der Waals surface area (Å²) in [4.78, 5) is 19.0. The Morgan fingerprint density at radius 3 is 2.80 bits per heavy atom. The number of ether oxygens (including phenoxy) is 1. The van der Waals surface area contributed by atoms with Crippen LogP contribution in [0, 0.1) is 0 Å². The molecule has 3 rings (SSSR count). The van der Waals surface area contributed by atoms with Gasteiger partial charge in [0.15, 0.2) is 0 Å². The van der Waals surface area contributed by atoms with Gasteiger partial charge < -0.3 is 15.0 Å². The van der Waals surface area contributed by atoms with Crippen molar-refractivity contribution in [2.45, 2.75) is 31.7 Å². The quantitative estimate of drug-likeness (QED) is 0.910. The summed E-state index contributed by atoms with van der Waals surface area (Å²) < 4.78 is 5.36. The fourth-order valence-corrected chi connectivity index (χ4v) is 2.93. The minimum atomic E-state index is 0.00601. The molecule has 1 amide bonds. The summed E-state index contributed by atoms with van der Waals surface area (Å²) in [7, 11) is 0. The summed E-state index contributed by atoms with van der Waals surface area (Å²) in [6, 6.07) is 4.02. The highest BCUT2D eigenvalue weighted by Crippen LogP contribution is 2.21. The second-order valence-corrected chi connectivity index (χ2v) is 5.43. The molecule has 108 valence electrons. The van der Waals surface area contributed by atoms with Crippen LogP contribution in [0.3, 0.4) is 0 Å². The SMILES string of the molecule is O=C(NC1CCCC1)c1cccnc1N1CCOCC1. The molecule has 1 N–H and O–H groups in total. The summed E-state index contributed by atoms with van der Waals surface area (Å²) in [6.07, 6.45) is 6.37. The first-order chi connectivity index (χ1) is 9.84. The molecule has 0 aromatic carbocycles. The van der Waals surface area contributed by atoms with Crippen molar-refractivity contribution in [2.75, 3.05) is 31.2 Å². The molecule has 5 nitrogen and oxygen atoms in total. The van der Waals surface area contributed by atoms with Gasteiger partial charge in [-0.15, -0.1) is 0 Å². The van der Waals surface area contributed by atoms with Crippen molar-refractivity contribution >= 4 is 11.7 Å². The van der Waals surface area contributed by atoms with Crippen LogP contribution in [-0.2, 0) is 4.74 Å². The third-order valence-corrected chi connectivity index (χ3v) is 4.03. The highest BCUT2D eigenvalue weighted by Gasteiger charge is 2.23. The van der Waals surface area contributed by atoms with E-state index in [-0.39, 0.29) is 5.91 Å². The monoisotopic (exact) mass is 275 g/mol. The molecular weight excluding hydrogens is 254 g/mol. The number of amides is 1. The number of hydrogen-bond donors (Lipinski definition) is 1. The molecule has 2 aliphatic rings. The third-order valence-electron chi connectivity index (χ3n) is 4.03. The first-order valence-corrected chi connectivity index (χ1v) is 7.43. The molecule has 1 aromatic rings. The largest absolute Gasteiger partial charge is 0.378 e. The standard InChI is InChI=1S/C15H21N3O2/c19-15(17-12-4-1-2-5-12)13-6-3-7-16-14(13)18-8-10-20-11-9-18/h3,6-7,12H,1-2,4-5,8-11H2,(H,17,19). The van der Waals surface area contributed by atoms with E-state index in [0.717, 1.165) is 31.7 Å². The fourth-order valence-electron chi connectivity index (χ4n) is 2.93. The van der Waals surface area contributed by atoms with Gasteiger partial charge in [-0.2, -0.15) is 0 Å². The van der Waals surface area contributed by atoms with Gasteiger partial charge in [-0.05, 0) is 25.0 Å². The van der Waals surface area contributed by atoms with Gasteiger partial charge in [-0.25, -0.2) is 4.98 Å². The van der Waals surface area contributed by atoms with Crippen LogP contribution < -0.4 is 10.2 Å². The zero-order valence-electron chi connectivity index (χ0n) is 11.7.